The van der Waals surface area contributed by atoms with E-state index < -0.39 is 5.97 Å². The van der Waals surface area contributed by atoms with Gasteiger partial charge in [0.25, 0.3) is 0 Å². The number of fused-ring (bicyclic) bond motifs is 1. The summed E-state index contributed by atoms with van der Waals surface area (Å²) in [6.07, 6.45) is 8.76. The van der Waals surface area contributed by atoms with E-state index in [-0.39, 0.29) is 24.5 Å². The summed E-state index contributed by atoms with van der Waals surface area (Å²) in [5.74, 6) is -0.396. The number of anilines is 1. The molecule has 0 saturated carbocycles. The zero-order chi connectivity index (χ0) is 19.8. The van der Waals surface area contributed by atoms with Crippen molar-refractivity contribution in [3.63, 3.8) is 0 Å². The minimum absolute atomic E-state index is 0.117. The molecule has 0 bridgehead atoms. The minimum atomic E-state index is -0.517. The lowest BCUT2D eigenvalue weighted by Crippen LogP contribution is -2.13. The third-order valence-corrected chi connectivity index (χ3v) is 4.22. The number of unbranched alkanes of at least 4 members (excludes halogenated alkanes) is 1. The standard InChI is InChI=1S/C20H22Cl2N2O3/c1-3-5-6-7-8-14(25)11-23-18-15-9-13(21)10-17(22)19(15)24-12-16(18)20(26)27-4-2/h6-10,12,25H,3-5,11H2,1-2H3,(H,23,24)/b7-6-,14-8-. The van der Waals surface area contributed by atoms with Gasteiger partial charge in [0.15, 0.2) is 0 Å². The number of nitrogens with one attached hydrogen (secondary N) is 1. The summed E-state index contributed by atoms with van der Waals surface area (Å²) in [5, 5.41) is 14.5. The van der Waals surface area contributed by atoms with Crippen LogP contribution >= 0.6 is 23.2 Å². The lowest BCUT2D eigenvalue weighted by atomic mass is 10.1. The fourth-order valence-corrected chi connectivity index (χ4v) is 3.00. The number of pyridine rings is 1. The zero-order valence-corrected chi connectivity index (χ0v) is 16.8. The van der Waals surface area contributed by atoms with Gasteiger partial charge in [0, 0.05) is 16.6 Å². The second kappa shape index (κ2) is 10.2. The Hall–Kier alpha value is -2.24. The van der Waals surface area contributed by atoms with Gasteiger partial charge in [0.2, 0.25) is 0 Å². The van der Waals surface area contributed by atoms with Gasteiger partial charge in [-0.3, -0.25) is 4.98 Å². The van der Waals surface area contributed by atoms with Crippen LogP contribution in [-0.2, 0) is 4.74 Å². The maximum absolute atomic E-state index is 12.3. The van der Waals surface area contributed by atoms with Gasteiger partial charge < -0.3 is 15.2 Å². The van der Waals surface area contributed by atoms with Crippen LogP contribution in [-0.4, -0.2) is 29.2 Å². The molecule has 0 aliphatic heterocycles. The number of rotatable bonds is 8. The highest BCUT2D eigenvalue weighted by Gasteiger charge is 2.18. The van der Waals surface area contributed by atoms with Crippen LogP contribution in [0.1, 0.15) is 37.0 Å². The predicted octanol–water partition coefficient (Wildman–Crippen LogP) is 5.93. The van der Waals surface area contributed by atoms with Gasteiger partial charge in [-0.05, 0) is 31.6 Å². The molecule has 1 aromatic carbocycles. The van der Waals surface area contributed by atoms with Crippen LogP contribution in [0.25, 0.3) is 10.9 Å². The van der Waals surface area contributed by atoms with Crippen molar-refractivity contribution in [3.05, 3.63) is 57.9 Å². The van der Waals surface area contributed by atoms with Crippen molar-refractivity contribution in [3.8, 4) is 0 Å². The molecule has 0 radical (unpaired) electrons. The van der Waals surface area contributed by atoms with E-state index in [1.165, 1.54) is 6.20 Å². The van der Waals surface area contributed by atoms with Gasteiger partial charge in [-0.15, -0.1) is 0 Å². The van der Waals surface area contributed by atoms with E-state index in [9.17, 15) is 9.90 Å². The molecule has 7 heteroatoms. The normalized spacial score (nSPS) is 11.9. The molecule has 0 fully saturated rings. The number of ether oxygens (including phenoxy) is 1. The number of hydrogen-bond donors (Lipinski definition) is 2. The molecule has 2 rings (SSSR count). The highest BCUT2D eigenvalue weighted by molar-refractivity contribution is 6.38. The summed E-state index contributed by atoms with van der Waals surface area (Å²) in [7, 11) is 0. The number of benzene rings is 1. The molecule has 0 spiro atoms. The van der Waals surface area contributed by atoms with Crippen LogP contribution in [0.5, 0.6) is 0 Å². The Morgan fingerprint density at radius 2 is 2.11 bits per heavy atom. The summed E-state index contributed by atoms with van der Waals surface area (Å²) >= 11 is 12.4. The first kappa shape index (κ1) is 21.1. The number of halogens is 2. The molecule has 0 amide bonds. The number of aliphatic hydroxyl groups is 1. The first-order valence-corrected chi connectivity index (χ1v) is 9.46. The predicted molar refractivity (Wildman–Crippen MR) is 111 cm³/mol. The molecule has 1 heterocycles. The number of hydrogen-bond acceptors (Lipinski definition) is 5. The van der Waals surface area contributed by atoms with Crippen molar-refractivity contribution in [1.29, 1.82) is 0 Å². The van der Waals surface area contributed by atoms with Crippen molar-refractivity contribution in [2.24, 2.45) is 0 Å². The molecular weight excluding hydrogens is 387 g/mol. The molecule has 27 heavy (non-hydrogen) atoms. The SMILES string of the molecule is CCC/C=C\C=C(/O)CNc1c(C(=O)OCC)cnc2c(Cl)cc(Cl)cc12. The minimum Gasteiger partial charge on any atom is -0.510 e. The van der Waals surface area contributed by atoms with Gasteiger partial charge in [0.1, 0.15) is 11.3 Å². The van der Waals surface area contributed by atoms with Gasteiger partial charge in [-0.25, -0.2) is 4.79 Å². The molecule has 0 aliphatic carbocycles. The van der Waals surface area contributed by atoms with Crippen molar-refractivity contribution in [1.82, 2.24) is 4.98 Å². The van der Waals surface area contributed by atoms with Crippen LogP contribution in [0.15, 0.2) is 42.3 Å². The van der Waals surface area contributed by atoms with E-state index in [4.69, 9.17) is 27.9 Å². The smallest absolute Gasteiger partial charge is 0.341 e. The van der Waals surface area contributed by atoms with E-state index >= 15 is 0 Å². The second-order valence-electron chi connectivity index (χ2n) is 5.78. The molecule has 0 atom stereocenters. The third kappa shape index (κ3) is 5.62. The van der Waals surface area contributed by atoms with Crippen LogP contribution < -0.4 is 5.32 Å². The van der Waals surface area contributed by atoms with Crippen LogP contribution in [0, 0.1) is 0 Å². The summed E-state index contributed by atoms with van der Waals surface area (Å²) in [6, 6.07) is 3.25. The molecule has 2 N–H and O–H groups in total. The van der Waals surface area contributed by atoms with Crippen molar-refractivity contribution in [2.75, 3.05) is 18.5 Å². The van der Waals surface area contributed by atoms with E-state index in [1.807, 2.05) is 6.08 Å². The van der Waals surface area contributed by atoms with Gasteiger partial charge in [-0.2, -0.15) is 0 Å². The second-order valence-corrected chi connectivity index (χ2v) is 6.62. The average Bonchev–Trinajstić information content (AvgIpc) is 2.63. The summed E-state index contributed by atoms with van der Waals surface area (Å²) in [5.41, 5.74) is 1.21. The number of nitrogens with zero attached hydrogens (tertiary/aromatic N) is 1. The van der Waals surface area contributed by atoms with E-state index in [1.54, 1.807) is 31.2 Å². The Morgan fingerprint density at radius 1 is 1.33 bits per heavy atom. The Morgan fingerprint density at radius 3 is 2.81 bits per heavy atom. The Kier molecular flexibility index (Phi) is 7.95. The molecule has 0 unspecified atom stereocenters. The third-order valence-electron chi connectivity index (χ3n) is 3.71. The number of esters is 1. The average molecular weight is 409 g/mol. The summed E-state index contributed by atoms with van der Waals surface area (Å²) in [6.45, 7) is 4.16. The molecule has 5 nitrogen and oxygen atoms in total. The van der Waals surface area contributed by atoms with E-state index in [2.05, 4.69) is 17.2 Å². The van der Waals surface area contributed by atoms with Crippen LogP contribution in [0.2, 0.25) is 10.0 Å². The molecule has 0 saturated heterocycles. The number of allylic oxidation sites excluding steroid dienone is 3. The van der Waals surface area contributed by atoms with Gasteiger partial charge in [0.05, 0.1) is 29.4 Å². The summed E-state index contributed by atoms with van der Waals surface area (Å²) < 4.78 is 5.10. The molecular formula is C20H22Cl2N2O3. The molecule has 1 aromatic heterocycles. The maximum Gasteiger partial charge on any atom is 0.341 e. The lowest BCUT2D eigenvalue weighted by molar-refractivity contribution is 0.0527. The highest BCUT2D eigenvalue weighted by atomic mass is 35.5. The molecule has 0 aliphatic rings. The van der Waals surface area contributed by atoms with E-state index in [0.29, 0.717) is 26.6 Å². The maximum atomic E-state index is 12.3. The summed E-state index contributed by atoms with van der Waals surface area (Å²) in [4.78, 5) is 16.6. The fraction of sp³-hybridized carbons (Fsp3) is 0.300. The van der Waals surface area contributed by atoms with E-state index in [0.717, 1.165) is 12.8 Å². The topological polar surface area (TPSA) is 71.5 Å². The first-order chi connectivity index (χ1) is 13.0. The zero-order valence-electron chi connectivity index (χ0n) is 15.3. The van der Waals surface area contributed by atoms with Crippen molar-refractivity contribution >= 4 is 45.8 Å². The van der Waals surface area contributed by atoms with Crippen molar-refractivity contribution in [2.45, 2.75) is 26.7 Å². The molecule has 2 aromatic rings. The number of aliphatic hydroxyl groups excluding tert-OH is 1. The number of carbonyl (C=O) groups excluding carboxylic acids is 1. The number of carbonyl (C=O) groups is 1. The lowest BCUT2D eigenvalue weighted by Gasteiger charge is -2.14. The Bertz CT molecular complexity index is 879. The number of aromatic nitrogens is 1. The molecule has 144 valence electrons. The van der Waals surface area contributed by atoms with Gasteiger partial charge in [-0.1, -0.05) is 48.7 Å². The van der Waals surface area contributed by atoms with Crippen molar-refractivity contribution < 1.29 is 14.6 Å². The highest BCUT2D eigenvalue weighted by Crippen LogP contribution is 2.33. The Labute approximate surface area is 168 Å². The van der Waals surface area contributed by atoms with Gasteiger partial charge >= 0.3 is 5.97 Å². The van der Waals surface area contributed by atoms with Crippen LogP contribution in [0.4, 0.5) is 5.69 Å². The Balaban J connectivity index is 2.41. The first-order valence-electron chi connectivity index (χ1n) is 8.71. The van der Waals surface area contributed by atoms with Crippen LogP contribution in [0.3, 0.4) is 0 Å². The largest absolute Gasteiger partial charge is 0.510 e. The quantitative estimate of drug-likeness (QED) is 0.321. The fourth-order valence-electron chi connectivity index (χ4n) is 2.46. The monoisotopic (exact) mass is 408 g/mol.